The highest BCUT2D eigenvalue weighted by Gasteiger charge is 1.72. The van der Waals surface area contributed by atoms with Crippen LogP contribution in [0.4, 0.5) is 0 Å². The zero-order valence-corrected chi connectivity index (χ0v) is 6.47. The van der Waals surface area contributed by atoms with E-state index in [1.165, 1.54) is 33.2 Å². The Bertz CT molecular complexity index is 21.5. The fourth-order valence-corrected chi connectivity index (χ4v) is 0.354. The Hall–Kier alpha value is 0.985. The first kappa shape index (κ1) is 6.98. The van der Waals surface area contributed by atoms with Gasteiger partial charge >= 0.3 is 33.2 Å². The second kappa shape index (κ2) is 5.98. The van der Waals surface area contributed by atoms with Gasteiger partial charge in [-0.1, -0.05) is 0 Å². The summed E-state index contributed by atoms with van der Waals surface area (Å²) in [6.07, 6.45) is 0. The Morgan fingerprint density at radius 2 is 1.33 bits per heavy atom. The van der Waals surface area contributed by atoms with Gasteiger partial charge in [0.2, 0.25) is 0 Å². The summed E-state index contributed by atoms with van der Waals surface area (Å²) in [5.74, 6) is 0. The van der Waals surface area contributed by atoms with E-state index in [1.807, 2.05) is 0 Å². The van der Waals surface area contributed by atoms with Gasteiger partial charge in [0.05, 0.1) is 0 Å². The van der Waals surface area contributed by atoms with E-state index < -0.39 is 0 Å². The van der Waals surface area contributed by atoms with Gasteiger partial charge in [0.15, 0.2) is 0 Å². The fourth-order valence-electron chi connectivity index (χ4n) is 0.118. The van der Waals surface area contributed by atoms with E-state index in [1.54, 1.807) is 0 Å². The van der Waals surface area contributed by atoms with Crippen molar-refractivity contribution in [3.8, 4) is 0 Å². The van der Waals surface area contributed by atoms with Gasteiger partial charge in [-0.2, -0.15) is 0 Å². The van der Waals surface area contributed by atoms with Crippen LogP contribution in [0.1, 0.15) is 0 Å². The lowest BCUT2D eigenvalue weighted by Crippen LogP contribution is -1.98. The van der Waals surface area contributed by atoms with E-state index in [2.05, 4.69) is 7.58 Å². The molecule has 0 bridgehead atoms. The summed E-state index contributed by atoms with van der Waals surface area (Å²) in [5.41, 5.74) is 0. The smallest absolute Gasteiger partial charge is 0.394 e. The molecule has 0 aliphatic heterocycles. The SMILES string of the molecule is [AlH][O]CC[O][AlH]. The standard InChI is InChI=1S/C2H4O2.2Al.2H/c3-1-2-4;;;;/h1-2H2;;;;/q-2;2*+1;;. The minimum Gasteiger partial charge on any atom is -0.508 e. The van der Waals surface area contributed by atoms with Gasteiger partial charge in [0.1, 0.15) is 0 Å². The molecule has 0 amide bonds. The lowest BCUT2D eigenvalue weighted by Gasteiger charge is -1.95. The van der Waals surface area contributed by atoms with Gasteiger partial charge in [-0.3, -0.25) is 0 Å². The lowest BCUT2D eigenvalue weighted by molar-refractivity contribution is 0.242. The summed E-state index contributed by atoms with van der Waals surface area (Å²) >= 11 is 2.98. The molecule has 0 atom stereocenters. The molecule has 0 aliphatic carbocycles. The van der Waals surface area contributed by atoms with Crippen molar-refractivity contribution in [2.45, 2.75) is 0 Å². The van der Waals surface area contributed by atoms with Crippen molar-refractivity contribution >= 4 is 33.2 Å². The molecular formula is C2H6Al2O2. The van der Waals surface area contributed by atoms with Crippen molar-refractivity contribution in [3.63, 3.8) is 0 Å². The van der Waals surface area contributed by atoms with Crippen LogP contribution in [0.5, 0.6) is 0 Å². The van der Waals surface area contributed by atoms with E-state index in [9.17, 15) is 0 Å². The van der Waals surface area contributed by atoms with Crippen LogP contribution in [0, 0.1) is 0 Å². The quantitative estimate of drug-likeness (QED) is 0.335. The molecule has 2 radical (unpaired) electrons. The second-order valence-corrected chi connectivity index (χ2v) is 1.63. The fraction of sp³-hybridized carbons (Fsp3) is 1.00. The third-order valence-electron chi connectivity index (χ3n) is 0.372. The summed E-state index contributed by atoms with van der Waals surface area (Å²) in [6, 6.07) is 0. The first-order chi connectivity index (χ1) is 2.91. The number of rotatable bonds is 3. The highest BCUT2D eigenvalue weighted by molar-refractivity contribution is 5.98. The van der Waals surface area contributed by atoms with E-state index in [0.717, 1.165) is 0 Å². The molecule has 0 aromatic heterocycles. The van der Waals surface area contributed by atoms with Gasteiger partial charge in [-0.25, -0.2) is 0 Å². The third kappa shape index (κ3) is 4.98. The van der Waals surface area contributed by atoms with Gasteiger partial charge in [-0.05, 0) is 0 Å². The van der Waals surface area contributed by atoms with Crippen molar-refractivity contribution in [1.29, 1.82) is 0 Å². The Labute approximate surface area is 54.3 Å². The molecule has 0 heterocycles. The average molecular weight is 116 g/mol. The van der Waals surface area contributed by atoms with E-state index in [-0.39, 0.29) is 0 Å². The van der Waals surface area contributed by atoms with Crippen LogP contribution in [0.15, 0.2) is 0 Å². The molecule has 0 rings (SSSR count). The predicted octanol–water partition coefficient (Wildman–Crippen LogP) is -1.35. The van der Waals surface area contributed by atoms with Crippen LogP contribution < -0.4 is 0 Å². The Balaban J connectivity index is 2.34. The minimum atomic E-state index is 0.710. The molecule has 0 saturated heterocycles. The molecule has 6 heavy (non-hydrogen) atoms. The molecule has 4 heteroatoms. The first-order valence-corrected chi connectivity index (χ1v) is 2.81. The van der Waals surface area contributed by atoms with E-state index in [4.69, 9.17) is 0 Å². The Morgan fingerprint density at radius 3 is 1.50 bits per heavy atom. The summed E-state index contributed by atoms with van der Waals surface area (Å²) < 4.78 is 9.38. The highest BCUT2D eigenvalue weighted by Crippen LogP contribution is 1.63. The maximum Gasteiger partial charge on any atom is 0.394 e. The molecule has 0 saturated carbocycles. The summed E-state index contributed by atoms with van der Waals surface area (Å²) in [7, 11) is 0. The molecule has 2 nitrogen and oxygen atoms in total. The third-order valence-corrected chi connectivity index (χ3v) is 0.949. The van der Waals surface area contributed by atoms with Crippen LogP contribution in [0.3, 0.4) is 0 Å². The van der Waals surface area contributed by atoms with Crippen LogP contribution in [0.2, 0.25) is 0 Å². The van der Waals surface area contributed by atoms with E-state index >= 15 is 0 Å². The van der Waals surface area contributed by atoms with Crippen molar-refractivity contribution < 1.29 is 7.58 Å². The number of hydrogen-bond donors (Lipinski definition) is 0. The van der Waals surface area contributed by atoms with Gasteiger partial charge in [-0.15, -0.1) is 0 Å². The molecule has 0 fully saturated rings. The van der Waals surface area contributed by atoms with Crippen LogP contribution >= 0.6 is 0 Å². The molecule has 0 aromatic carbocycles. The molecule has 0 aromatic rings. The van der Waals surface area contributed by atoms with Crippen molar-refractivity contribution in [2.24, 2.45) is 0 Å². The highest BCUT2D eigenvalue weighted by atomic mass is 27.1. The maximum atomic E-state index is 4.69. The average Bonchev–Trinajstić information content (AvgIpc) is 1.61. The Kier molecular flexibility index (Phi) is 6.97. The van der Waals surface area contributed by atoms with Crippen LogP contribution in [-0.4, -0.2) is 46.5 Å². The van der Waals surface area contributed by atoms with Gasteiger partial charge < -0.3 is 7.58 Å². The van der Waals surface area contributed by atoms with Gasteiger partial charge in [0, 0.05) is 13.2 Å². The number of hydrogen-bond acceptors (Lipinski definition) is 2. The second-order valence-electron chi connectivity index (χ2n) is 0.816. The van der Waals surface area contributed by atoms with Crippen molar-refractivity contribution in [1.82, 2.24) is 0 Å². The summed E-state index contributed by atoms with van der Waals surface area (Å²) in [6.45, 7) is 1.42. The summed E-state index contributed by atoms with van der Waals surface area (Å²) in [5, 5.41) is 0. The zero-order chi connectivity index (χ0) is 4.83. The van der Waals surface area contributed by atoms with E-state index in [0.29, 0.717) is 13.2 Å². The molecule has 32 valence electrons. The first-order valence-electron chi connectivity index (χ1n) is 1.65. The zero-order valence-electron chi connectivity index (χ0n) is 3.64. The van der Waals surface area contributed by atoms with Crippen LogP contribution in [-0.2, 0) is 7.58 Å². The Morgan fingerprint density at radius 1 is 1.00 bits per heavy atom. The van der Waals surface area contributed by atoms with Crippen molar-refractivity contribution in [3.05, 3.63) is 0 Å². The molecule has 0 unspecified atom stereocenters. The normalized spacial score (nSPS) is 8.67. The monoisotopic (exact) mass is 116 g/mol. The van der Waals surface area contributed by atoms with Crippen molar-refractivity contribution in [2.75, 3.05) is 13.2 Å². The molecule has 0 N–H and O–H groups in total. The van der Waals surface area contributed by atoms with Crippen LogP contribution in [0.25, 0.3) is 0 Å². The topological polar surface area (TPSA) is 18.5 Å². The molecule has 0 aliphatic rings. The lowest BCUT2D eigenvalue weighted by atomic mass is 10.8. The molecular weight excluding hydrogens is 110 g/mol. The minimum absolute atomic E-state index is 0.710. The maximum absolute atomic E-state index is 4.69. The van der Waals surface area contributed by atoms with Gasteiger partial charge in [0.25, 0.3) is 0 Å². The molecule has 0 spiro atoms. The predicted molar refractivity (Wildman–Crippen MR) is 26.2 cm³/mol. The summed E-state index contributed by atoms with van der Waals surface area (Å²) in [4.78, 5) is 0. The largest absolute Gasteiger partial charge is 0.508 e.